The first kappa shape index (κ1) is 17.0. The van der Waals surface area contributed by atoms with Gasteiger partial charge in [0.05, 0.1) is 0 Å². The summed E-state index contributed by atoms with van der Waals surface area (Å²) in [7, 11) is 0. The standard InChI is InChI=1S/C20H23ClN2O/c1-15-12-17(8-9-19(15)21)20(24)22-18-7-5-6-16(13-18)14-23-10-3-2-4-11-23/h5-9,12-13H,2-4,10-11,14H2,1H3,(H,22,24). The maximum absolute atomic E-state index is 12.4. The fourth-order valence-electron chi connectivity index (χ4n) is 3.11. The zero-order chi connectivity index (χ0) is 16.9. The van der Waals surface area contributed by atoms with E-state index < -0.39 is 0 Å². The average molecular weight is 343 g/mol. The zero-order valence-corrected chi connectivity index (χ0v) is 14.8. The Balaban J connectivity index is 1.67. The number of rotatable bonds is 4. The van der Waals surface area contributed by atoms with E-state index in [0.717, 1.165) is 17.8 Å². The largest absolute Gasteiger partial charge is 0.322 e. The Morgan fingerprint density at radius 1 is 1.12 bits per heavy atom. The number of hydrogen-bond donors (Lipinski definition) is 1. The second-order valence-corrected chi connectivity index (χ2v) is 6.86. The van der Waals surface area contributed by atoms with Crippen molar-refractivity contribution in [3.63, 3.8) is 0 Å². The second kappa shape index (κ2) is 7.82. The molecule has 0 aliphatic carbocycles. The summed E-state index contributed by atoms with van der Waals surface area (Å²) in [6, 6.07) is 13.4. The molecule has 3 nitrogen and oxygen atoms in total. The van der Waals surface area contributed by atoms with Crippen molar-refractivity contribution in [1.82, 2.24) is 4.90 Å². The molecule has 1 N–H and O–H groups in total. The molecule has 1 aliphatic heterocycles. The van der Waals surface area contributed by atoms with Crippen molar-refractivity contribution in [1.29, 1.82) is 0 Å². The lowest BCUT2D eigenvalue weighted by Gasteiger charge is -2.26. The van der Waals surface area contributed by atoms with Crippen LogP contribution < -0.4 is 5.32 Å². The zero-order valence-electron chi connectivity index (χ0n) is 14.0. The first-order valence-electron chi connectivity index (χ1n) is 8.50. The maximum Gasteiger partial charge on any atom is 0.255 e. The molecule has 0 bridgehead atoms. The van der Waals surface area contributed by atoms with Crippen LogP contribution in [0.25, 0.3) is 0 Å². The molecule has 0 spiro atoms. The number of carbonyl (C=O) groups excluding carboxylic acids is 1. The van der Waals surface area contributed by atoms with Crippen LogP contribution in [0.2, 0.25) is 5.02 Å². The van der Waals surface area contributed by atoms with E-state index in [1.165, 1.54) is 37.9 Å². The van der Waals surface area contributed by atoms with Gasteiger partial charge in [0.2, 0.25) is 0 Å². The number of benzene rings is 2. The number of aryl methyl sites for hydroxylation is 1. The number of anilines is 1. The normalized spacial score (nSPS) is 15.2. The van der Waals surface area contributed by atoms with Gasteiger partial charge < -0.3 is 5.32 Å². The number of amides is 1. The number of piperidine rings is 1. The minimum absolute atomic E-state index is 0.107. The highest BCUT2D eigenvalue weighted by atomic mass is 35.5. The Morgan fingerprint density at radius 3 is 2.67 bits per heavy atom. The highest BCUT2D eigenvalue weighted by Crippen LogP contribution is 2.19. The number of hydrogen-bond acceptors (Lipinski definition) is 2. The van der Waals surface area contributed by atoms with Crippen molar-refractivity contribution in [2.75, 3.05) is 18.4 Å². The number of halogens is 1. The van der Waals surface area contributed by atoms with E-state index in [1.54, 1.807) is 12.1 Å². The molecule has 1 fully saturated rings. The summed E-state index contributed by atoms with van der Waals surface area (Å²) in [6.45, 7) is 5.18. The highest BCUT2D eigenvalue weighted by Gasteiger charge is 2.11. The maximum atomic E-state index is 12.4. The van der Waals surface area contributed by atoms with Crippen molar-refractivity contribution in [2.45, 2.75) is 32.7 Å². The van der Waals surface area contributed by atoms with Gasteiger partial charge in [-0.15, -0.1) is 0 Å². The highest BCUT2D eigenvalue weighted by molar-refractivity contribution is 6.31. The summed E-state index contributed by atoms with van der Waals surface area (Å²) in [6.07, 6.45) is 3.91. The van der Waals surface area contributed by atoms with Crippen LogP contribution in [-0.4, -0.2) is 23.9 Å². The van der Waals surface area contributed by atoms with Gasteiger partial charge in [0, 0.05) is 22.8 Å². The van der Waals surface area contributed by atoms with Crippen LogP contribution in [0.5, 0.6) is 0 Å². The van der Waals surface area contributed by atoms with Crippen molar-refractivity contribution < 1.29 is 4.79 Å². The molecule has 126 valence electrons. The van der Waals surface area contributed by atoms with Crippen LogP contribution in [0.15, 0.2) is 42.5 Å². The van der Waals surface area contributed by atoms with Gasteiger partial charge in [-0.25, -0.2) is 0 Å². The summed E-state index contributed by atoms with van der Waals surface area (Å²) < 4.78 is 0. The minimum Gasteiger partial charge on any atom is -0.322 e. The first-order chi connectivity index (χ1) is 11.6. The fraction of sp³-hybridized carbons (Fsp3) is 0.350. The predicted molar refractivity (Wildman–Crippen MR) is 99.7 cm³/mol. The fourth-order valence-corrected chi connectivity index (χ4v) is 3.23. The van der Waals surface area contributed by atoms with Gasteiger partial charge in [-0.1, -0.05) is 30.2 Å². The van der Waals surface area contributed by atoms with E-state index in [9.17, 15) is 4.79 Å². The van der Waals surface area contributed by atoms with E-state index in [1.807, 2.05) is 25.1 Å². The van der Waals surface area contributed by atoms with Crippen molar-refractivity contribution in [3.8, 4) is 0 Å². The molecule has 24 heavy (non-hydrogen) atoms. The second-order valence-electron chi connectivity index (χ2n) is 6.46. The van der Waals surface area contributed by atoms with Gasteiger partial charge in [0.1, 0.15) is 0 Å². The molecule has 0 radical (unpaired) electrons. The molecule has 0 unspecified atom stereocenters. The Bertz CT molecular complexity index is 723. The molecule has 2 aromatic carbocycles. The summed E-state index contributed by atoms with van der Waals surface area (Å²) in [5, 5.41) is 3.66. The van der Waals surface area contributed by atoms with E-state index in [2.05, 4.69) is 22.3 Å². The van der Waals surface area contributed by atoms with Crippen LogP contribution in [0, 0.1) is 6.92 Å². The van der Waals surface area contributed by atoms with Crippen molar-refractivity contribution >= 4 is 23.2 Å². The molecule has 3 rings (SSSR count). The van der Waals surface area contributed by atoms with Gasteiger partial charge in [-0.3, -0.25) is 9.69 Å². The Hall–Kier alpha value is -1.84. The summed E-state index contributed by atoms with van der Waals surface area (Å²) in [4.78, 5) is 14.9. The lowest BCUT2D eigenvalue weighted by Crippen LogP contribution is -2.29. The third-order valence-corrected chi connectivity index (χ3v) is 4.88. The van der Waals surface area contributed by atoms with Crippen LogP contribution in [0.4, 0.5) is 5.69 Å². The van der Waals surface area contributed by atoms with Crippen LogP contribution in [0.3, 0.4) is 0 Å². The lowest BCUT2D eigenvalue weighted by atomic mass is 10.1. The quantitative estimate of drug-likeness (QED) is 0.858. The molecule has 1 aliphatic rings. The molecular weight excluding hydrogens is 320 g/mol. The topological polar surface area (TPSA) is 32.3 Å². The Kier molecular flexibility index (Phi) is 5.54. The third kappa shape index (κ3) is 4.37. The molecule has 1 heterocycles. The molecule has 0 saturated carbocycles. The molecule has 0 aromatic heterocycles. The van der Waals surface area contributed by atoms with Gasteiger partial charge in [-0.2, -0.15) is 0 Å². The molecule has 4 heteroatoms. The number of nitrogens with one attached hydrogen (secondary N) is 1. The lowest BCUT2D eigenvalue weighted by molar-refractivity contribution is 0.102. The SMILES string of the molecule is Cc1cc(C(=O)Nc2cccc(CN3CCCCC3)c2)ccc1Cl. The van der Waals surface area contributed by atoms with E-state index in [0.29, 0.717) is 10.6 Å². The predicted octanol–water partition coefficient (Wildman–Crippen LogP) is 4.89. The van der Waals surface area contributed by atoms with Gasteiger partial charge in [-0.05, 0) is 74.3 Å². The van der Waals surface area contributed by atoms with Crippen LogP contribution in [0.1, 0.15) is 40.7 Å². The molecule has 1 saturated heterocycles. The van der Waals surface area contributed by atoms with Crippen LogP contribution in [-0.2, 0) is 6.54 Å². The van der Waals surface area contributed by atoms with Crippen molar-refractivity contribution in [3.05, 3.63) is 64.2 Å². The van der Waals surface area contributed by atoms with E-state index in [-0.39, 0.29) is 5.91 Å². The summed E-state index contributed by atoms with van der Waals surface area (Å²) in [5.74, 6) is -0.107. The average Bonchev–Trinajstić information content (AvgIpc) is 2.58. The number of nitrogens with zero attached hydrogens (tertiary/aromatic N) is 1. The molecule has 2 aromatic rings. The van der Waals surface area contributed by atoms with E-state index in [4.69, 9.17) is 11.6 Å². The van der Waals surface area contributed by atoms with Crippen LogP contribution >= 0.6 is 11.6 Å². The molecule has 1 amide bonds. The smallest absolute Gasteiger partial charge is 0.255 e. The minimum atomic E-state index is -0.107. The van der Waals surface area contributed by atoms with Gasteiger partial charge in [0.15, 0.2) is 0 Å². The molecule has 0 atom stereocenters. The third-order valence-electron chi connectivity index (χ3n) is 4.46. The summed E-state index contributed by atoms with van der Waals surface area (Å²) in [5.41, 5.74) is 3.60. The number of likely N-dealkylation sites (tertiary alicyclic amines) is 1. The molecular formula is C20H23ClN2O. The Labute approximate surface area is 148 Å². The van der Waals surface area contributed by atoms with Gasteiger partial charge >= 0.3 is 0 Å². The summed E-state index contributed by atoms with van der Waals surface area (Å²) >= 11 is 6.02. The van der Waals surface area contributed by atoms with Gasteiger partial charge in [0.25, 0.3) is 5.91 Å². The Morgan fingerprint density at radius 2 is 1.92 bits per heavy atom. The van der Waals surface area contributed by atoms with Crippen molar-refractivity contribution in [2.24, 2.45) is 0 Å². The van der Waals surface area contributed by atoms with E-state index >= 15 is 0 Å². The number of carbonyl (C=O) groups is 1. The monoisotopic (exact) mass is 342 g/mol. The first-order valence-corrected chi connectivity index (χ1v) is 8.88.